The third kappa shape index (κ3) is 2.36. The molecule has 2 aromatic carbocycles. The second-order valence-electron chi connectivity index (χ2n) is 5.69. The molecule has 2 aromatic rings. The summed E-state index contributed by atoms with van der Waals surface area (Å²) in [7, 11) is 0. The quantitative estimate of drug-likeness (QED) is 0.867. The van der Waals surface area contributed by atoms with Crippen molar-refractivity contribution in [2.45, 2.75) is 18.6 Å². The monoisotopic (exact) mass is 283 g/mol. The molecule has 0 unspecified atom stereocenters. The van der Waals surface area contributed by atoms with Crippen molar-refractivity contribution in [3.05, 3.63) is 42.5 Å². The molecule has 2 bridgehead atoms. The van der Waals surface area contributed by atoms with E-state index in [9.17, 15) is 4.79 Å². The van der Waals surface area contributed by atoms with Crippen molar-refractivity contribution in [3.8, 4) is 5.75 Å². The Labute approximate surface area is 123 Å². The van der Waals surface area contributed by atoms with Gasteiger partial charge in [-0.2, -0.15) is 0 Å². The van der Waals surface area contributed by atoms with Crippen LogP contribution < -0.4 is 4.74 Å². The number of amides is 1. The number of nitrogens with zero attached hydrogens (tertiary/aromatic N) is 1. The van der Waals surface area contributed by atoms with Gasteiger partial charge in [0.05, 0.1) is 18.8 Å². The van der Waals surface area contributed by atoms with Gasteiger partial charge in [-0.15, -0.1) is 0 Å². The van der Waals surface area contributed by atoms with Crippen LogP contribution in [0.4, 0.5) is 0 Å². The van der Waals surface area contributed by atoms with Crippen LogP contribution in [0, 0.1) is 0 Å². The minimum atomic E-state index is 0.0546. The van der Waals surface area contributed by atoms with Crippen molar-refractivity contribution in [2.75, 3.05) is 19.8 Å². The van der Waals surface area contributed by atoms with Crippen molar-refractivity contribution in [3.63, 3.8) is 0 Å². The Morgan fingerprint density at radius 1 is 1.24 bits per heavy atom. The molecule has 2 atom stereocenters. The summed E-state index contributed by atoms with van der Waals surface area (Å²) in [5.74, 6) is 0.793. The predicted octanol–water partition coefficient (Wildman–Crippen LogP) is 2.22. The van der Waals surface area contributed by atoms with Crippen LogP contribution in [0.2, 0.25) is 0 Å². The number of likely N-dealkylation sites (tertiary alicyclic amines) is 1. The van der Waals surface area contributed by atoms with E-state index in [0.29, 0.717) is 13.2 Å². The van der Waals surface area contributed by atoms with Gasteiger partial charge in [0.15, 0.2) is 6.61 Å². The van der Waals surface area contributed by atoms with E-state index in [1.807, 2.05) is 41.3 Å². The molecule has 0 aliphatic carbocycles. The lowest BCUT2D eigenvalue weighted by atomic mass is 10.1. The molecule has 0 aromatic heterocycles. The number of hydrogen-bond acceptors (Lipinski definition) is 3. The molecule has 0 radical (unpaired) electrons. The van der Waals surface area contributed by atoms with Crippen LogP contribution in [-0.4, -0.2) is 42.7 Å². The van der Waals surface area contributed by atoms with Gasteiger partial charge in [-0.05, 0) is 29.3 Å². The first-order valence-corrected chi connectivity index (χ1v) is 7.32. The fraction of sp³-hybridized carbons (Fsp3) is 0.353. The Hall–Kier alpha value is -2.07. The molecule has 2 aliphatic heterocycles. The molecule has 21 heavy (non-hydrogen) atoms. The Bertz CT molecular complexity index is 685. The zero-order valence-electron chi connectivity index (χ0n) is 11.7. The van der Waals surface area contributed by atoms with Crippen LogP contribution in [0.3, 0.4) is 0 Å². The van der Waals surface area contributed by atoms with Crippen molar-refractivity contribution in [1.82, 2.24) is 4.90 Å². The van der Waals surface area contributed by atoms with E-state index in [1.165, 1.54) is 5.39 Å². The van der Waals surface area contributed by atoms with Crippen molar-refractivity contribution in [2.24, 2.45) is 0 Å². The van der Waals surface area contributed by atoms with Gasteiger partial charge in [0.2, 0.25) is 0 Å². The van der Waals surface area contributed by atoms with Gasteiger partial charge in [-0.3, -0.25) is 4.79 Å². The maximum atomic E-state index is 12.2. The van der Waals surface area contributed by atoms with Crippen LogP contribution >= 0.6 is 0 Å². The molecule has 4 rings (SSSR count). The molecule has 108 valence electrons. The Kier molecular flexibility index (Phi) is 3.04. The first-order chi connectivity index (χ1) is 10.3. The maximum absolute atomic E-state index is 12.2. The summed E-state index contributed by atoms with van der Waals surface area (Å²) in [5.41, 5.74) is 0. The van der Waals surface area contributed by atoms with Gasteiger partial charge >= 0.3 is 0 Å². The van der Waals surface area contributed by atoms with E-state index in [-0.39, 0.29) is 24.7 Å². The lowest BCUT2D eigenvalue weighted by Gasteiger charge is -2.26. The van der Waals surface area contributed by atoms with E-state index in [0.717, 1.165) is 17.6 Å². The second-order valence-corrected chi connectivity index (χ2v) is 5.69. The number of rotatable bonds is 3. The van der Waals surface area contributed by atoms with Crippen LogP contribution in [0.1, 0.15) is 6.42 Å². The van der Waals surface area contributed by atoms with Crippen molar-refractivity contribution >= 4 is 16.7 Å². The van der Waals surface area contributed by atoms with Gasteiger partial charge in [0.25, 0.3) is 5.91 Å². The van der Waals surface area contributed by atoms with Gasteiger partial charge in [-0.1, -0.05) is 30.3 Å². The first kappa shape index (κ1) is 12.7. The summed E-state index contributed by atoms with van der Waals surface area (Å²) in [5, 5.41) is 2.29. The maximum Gasteiger partial charge on any atom is 0.260 e. The number of fused-ring (bicyclic) bond motifs is 3. The predicted molar refractivity (Wildman–Crippen MR) is 79.3 cm³/mol. The van der Waals surface area contributed by atoms with Gasteiger partial charge in [0.1, 0.15) is 5.75 Å². The van der Waals surface area contributed by atoms with Crippen molar-refractivity contribution < 1.29 is 14.3 Å². The number of carbonyl (C=O) groups is 1. The van der Waals surface area contributed by atoms with E-state index < -0.39 is 0 Å². The summed E-state index contributed by atoms with van der Waals surface area (Å²) in [6.07, 6.45) is 1.21. The van der Waals surface area contributed by atoms with E-state index in [1.54, 1.807) is 0 Å². The normalized spacial score (nSPS) is 23.7. The highest BCUT2D eigenvalue weighted by atomic mass is 16.5. The van der Waals surface area contributed by atoms with Crippen molar-refractivity contribution in [1.29, 1.82) is 0 Å². The molecule has 4 nitrogen and oxygen atoms in total. The Morgan fingerprint density at radius 3 is 2.86 bits per heavy atom. The molecule has 0 N–H and O–H groups in total. The largest absolute Gasteiger partial charge is 0.484 e. The number of morpholine rings is 1. The second kappa shape index (κ2) is 5.04. The van der Waals surface area contributed by atoms with Crippen LogP contribution in [-0.2, 0) is 9.53 Å². The van der Waals surface area contributed by atoms with Gasteiger partial charge < -0.3 is 14.4 Å². The van der Waals surface area contributed by atoms with Crippen LogP contribution in [0.25, 0.3) is 10.8 Å². The molecular weight excluding hydrogens is 266 g/mol. The fourth-order valence-electron chi connectivity index (χ4n) is 3.19. The Balaban J connectivity index is 1.42. The minimum Gasteiger partial charge on any atom is -0.484 e. The lowest BCUT2D eigenvalue weighted by molar-refractivity contribution is -0.137. The summed E-state index contributed by atoms with van der Waals surface area (Å²) < 4.78 is 11.2. The smallest absolute Gasteiger partial charge is 0.260 e. The highest BCUT2D eigenvalue weighted by Gasteiger charge is 2.41. The highest BCUT2D eigenvalue weighted by molar-refractivity contribution is 5.84. The topological polar surface area (TPSA) is 38.8 Å². The molecule has 2 heterocycles. The van der Waals surface area contributed by atoms with Gasteiger partial charge in [0, 0.05) is 6.54 Å². The van der Waals surface area contributed by atoms with E-state index >= 15 is 0 Å². The molecule has 0 spiro atoms. The standard InChI is InChI=1S/C17H17NO3/c19-17(18-9-16-8-14(18)10-20-16)11-21-15-6-5-12-3-1-2-4-13(12)7-15/h1-7,14,16H,8-11H2/t14-,16+/m0/s1. The first-order valence-electron chi connectivity index (χ1n) is 7.32. The number of carbonyl (C=O) groups excluding carboxylic acids is 1. The number of benzene rings is 2. The zero-order chi connectivity index (χ0) is 14.2. The minimum absolute atomic E-state index is 0.0546. The molecule has 0 saturated carbocycles. The lowest BCUT2D eigenvalue weighted by Crippen LogP contribution is -2.43. The van der Waals surface area contributed by atoms with E-state index in [2.05, 4.69) is 6.07 Å². The average molecular weight is 283 g/mol. The highest BCUT2D eigenvalue weighted by Crippen LogP contribution is 2.28. The average Bonchev–Trinajstić information content (AvgIpc) is 3.15. The number of ether oxygens (including phenoxy) is 2. The molecule has 4 heteroatoms. The summed E-state index contributed by atoms with van der Waals surface area (Å²) in [6, 6.07) is 14.3. The van der Waals surface area contributed by atoms with Crippen LogP contribution in [0.15, 0.2) is 42.5 Å². The molecule has 2 aliphatic rings. The molecule has 1 amide bonds. The summed E-state index contributed by atoms with van der Waals surface area (Å²) in [6.45, 7) is 1.48. The third-order valence-corrected chi connectivity index (χ3v) is 4.30. The SMILES string of the molecule is O=C(COc1ccc2ccccc2c1)N1C[C@H]2C[C@H]1CO2. The molecule has 2 saturated heterocycles. The van der Waals surface area contributed by atoms with E-state index in [4.69, 9.17) is 9.47 Å². The summed E-state index contributed by atoms with van der Waals surface area (Å²) >= 11 is 0. The van der Waals surface area contributed by atoms with Gasteiger partial charge in [-0.25, -0.2) is 0 Å². The Morgan fingerprint density at radius 2 is 2.10 bits per heavy atom. The van der Waals surface area contributed by atoms with Crippen LogP contribution in [0.5, 0.6) is 5.75 Å². The third-order valence-electron chi connectivity index (χ3n) is 4.30. The fourth-order valence-corrected chi connectivity index (χ4v) is 3.19. The summed E-state index contributed by atoms with van der Waals surface area (Å²) in [4.78, 5) is 14.1. The number of hydrogen-bond donors (Lipinski definition) is 0. The molecule has 2 fully saturated rings. The zero-order valence-corrected chi connectivity index (χ0v) is 11.7. The molecular formula is C17H17NO3.